The summed E-state index contributed by atoms with van der Waals surface area (Å²) in [6.07, 6.45) is 5.08. The summed E-state index contributed by atoms with van der Waals surface area (Å²) < 4.78 is 0. The Hall–Kier alpha value is -1.92. The van der Waals surface area contributed by atoms with Crippen molar-refractivity contribution in [1.82, 2.24) is 9.97 Å². The lowest BCUT2D eigenvalue weighted by molar-refractivity contribution is -0.116. The van der Waals surface area contributed by atoms with Crippen LogP contribution in [0.25, 0.3) is 10.2 Å². The van der Waals surface area contributed by atoms with Gasteiger partial charge in [-0.2, -0.15) is 0 Å². The lowest BCUT2D eigenvalue weighted by atomic mass is 9.89. The normalized spacial score (nSPS) is 16.3. The standard InChI is InChI=1S/C21H23N3OS2/c1-3-24(15-7-5-4-6-8-15)18(25)12-26-20-19-16-10-9-14(2)11-17(16)27-21(19)23-13-22-20/h4-8,13-14H,3,9-12H2,1-2H3/t14-/m1/s1. The number of amides is 1. The number of carbonyl (C=O) groups excluding carboxylic acids is 1. The van der Waals surface area contributed by atoms with Crippen molar-refractivity contribution in [2.75, 3.05) is 17.2 Å². The van der Waals surface area contributed by atoms with Gasteiger partial charge in [0.15, 0.2) is 0 Å². The third-order valence-corrected chi connectivity index (χ3v) is 7.21. The number of fused-ring (bicyclic) bond motifs is 3. The van der Waals surface area contributed by atoms with Gasteiger partial charge in [-0.1, -0.05) is 36.9 Å². The first-order valence-electron chi connectivity index (χ1n) is 9.40. The van der Waals surface area contributed by atoms with Gasteiger partial charge in [0.25, 0.3) is 0 Å². The molecule has 0 N–H and O–H groups in total. The molecule has 0 unspecified atom stereocenters. The summed E-state index contributed by atoms with van der Waals surface area (Å²) in [7, 11) is 0. The van der Waals surface area contributed by atoms with Crippen LogP contribution in [0.3, 0.4) is 0 Å². The molecule has 2 heterocycles. The van der Waals surface area contributed by atoms with Crippen LogP contribution in [0, 0.1) is 5.92 Å². The van der Waals surface area contributed by atoms with E-state index in [1.807, 2.05) is 42.2 Å². The van der Waals surface area contributed by atoms with Gasteiger partial charge in [-0.25, -0.2) is 9.97 Å². The number of anilines is 1. The van der Waals surface area contributed by atoms with Crippen LogP contribution in [0.2, 0.25) is 0 Å². The van der Waals surface area contributed by atoms with Gasteiger partial charge >= 0.3 is 0 Å². The van der Waals surface area contributed by atoms with E-state index >= 15 is 0 Å². The van der Waals surface area contributed by atoms with Crippen LogP contribution in [-0.2, 0) is 17.6 Å². The van der Waals surface area contributed by atoms with Gasteiger partial charge in [0.1, 0.15) is 16.2 Å². The fraction of sp³-hybridized carbons (Fsp3) is 0.381. The second kappa shape index (κ2) is 7.98. The summed E-state index contributed by atoms with van der Waals surface area (Å²) in [6.45, 7) is 4.99. The van der Waals surface area contributed by atoms with Crippen LogP contribution < -0.4 is 4.90 Å². The van der Waals surface area contributed by atoms with Crippen molar-refractivity contribution in [2.24, 2.45) is 5.92 Å². The molecule has 140 valence electrons. The van der Waals surface area contributed by atoms with Gasteiger partial charge in [-0.3, -0.25) is 4.79 Å². The van der Waals surface area contributed by atoms with Gasteiger partial charge in [0.2, 0.25) is 5.91 Å². The van der Waals surface area contributed by atoms with Gasteiger partial charge in [0.05, 0.1) is 5.75 Å². The number of carbonyl (C=O) groups is 1. The van der Waals surface area contributed by atoms with Crippen LogP contribution in [0.1, 0.15) is 30.7 Å². The number of thioether (sulfide) groups is 1. The SMILES string of the molecule is CCN(C(=O)CSc1ncnc2sc3c(c12)CC[C@@H](C)C3)c1ccccc1. The van der Waals surface area contributed by atoms with Gasteiger partial charge in [-0.15, -0.1) is 11.3 Å². The molecular formula is C21H23N3OS2. The summed E-state index contributed by atoms with van der Waals surface area (Å²) in [5.74, 6) is 1.23. The number of rotatable bonds is 5. The number of hydrogen-bond donors (Lipinski definition) is 0. The van der Waals surface area contributed by atoms with Crippen molar-refractivity contribution < 1.29 is 4.79 Å². The molecule has 1 amide bonds. The van der Waals surface area contributed by atoms with Crippen molar-refractivity contribution in [2.45, 2.75) is 38.1 Å². The van der Waals surface area contributed by atoms with Crippen LogP contribution in [0.5, 0.6) is 0 Å². The minimum atomic E-state index is 0.109. The fourth-order valence-corrected chi connectivity index (χ4v) is 5.99. The highest BCUT2D eigenvalue weighted by Gasteiger charge is 2.24. The van der Waals surface area contributed by atoms with Crippen LogP contribution >= 0.6 is 23.1 Å². The second-order valence-electron chi connectivity index (χ2n) is 6.97. The van der Waals surface area contributed by atoms with E-state index < -0.39 is 0 Å². The Morgan fingerprint density at radius 3 is 2.89 bits per heavy atom. The average Bonchev–Trinajstić information content (AvgIpc) is 3.05. The number of aromatic nitrogens is 2. The highest BCUT2D eigenvalue weighted by Crippen LogP contribution is 2.40. The van der Waals surface area contributed by atoms with E-state index in [1.165, 1.54) is 34.0 Å². The first-order chi connectivity index (χ1) is 13.2. The Morgan fingerprint density at radius 1 is 1.30 bits per heavy atom. The van der Waals surface area contributed by atoms with Crippen LogP contribution in [-0.4, -0.2) is 28.2 Å². The summed E-state index contributed by atoms with van der Waals surface area (Å²) in [5, 5.41) is 2.13. The van der Waals surface area contributed by atoms with Crippen LogP contribution in [0.15, 0.2) is 41.7 Å². The molecule has 1 aliphatic carbocycles. The van der Waals surface area contributed by atoms with Gasteiger partial charge in [-0.05, 0) is 49.8 Å². The molecule has 0 saturated heterocycles. The number of para-hydroxylation sites is 1. The van der Waals surface area contributed by atoms with Crippen molar-refractivity contribution in [1.29, 1.82) is 0 Å². The van der Waals surface area contributed by atoms with E-state index in [-0.39, 0.29) is 5.91 Å². The third-order valence-electron chi connectivity index (χ3n) is 5.07. The molecule has 27 heavy (non-hydrogen) atoms. The molecule has 0 spiro atoms. The summed E-state index contributed by atoms with van der Waals surface area (Å²) in [6, 6.07) is 9.85. The zero-order valence-electron chi connectivity index (χ0n) is 15.6. The molecule has 1 atom stereocenters. The monoisotopic (exact) mass is 397 g/mol. The maximum absolute atomic E-state index is 12.8. The van der Waals surface area contributed by atoms with E-state index in [4.69, 9.17) is 0 Å². The number of benzene rings is 1. The molecule has 0 radical (unpaired) electrons. The van der Waals surface area contributed by atoms with E-state index in [2.05, 4.69) is 16.9 Å². The highest BCUT2D eigenvalue weighted by molar-refractivity contribution is 8.00. The zero-order chi connectivity index (χ0) is 18.8. The number of hydrogen-bond acceptors (Lipinski definition) is 5. The van der Waals surface area contributed by atoms with E-state index in [1.54, 1.807) is 17.7 Å². The van der Waals surface area contributed by atoms with E-state index in [0.29, 0.717) is 12.3 Å². The molecule has 0 bridgehead atoms. The molecule has 3 aromatic rings. The largest absolute Gasteiger partial charge is 0.312 e. The Bertz CT molecular complexity index is 955. The van der Waals surface area contributed by atoms with E-state index in [9.17, 15) is 4.79 Å². The Kier molecular flexibility index (Phi) is 5.45. The Balaban J connectivity index is 1.56. The van der Waals surface area contributed by atoms with Crippen molar-refractivity contribution in [3.8, 4) is 0 Å². The molecule has 0 saturated carbocycles. The zero-order valence-corrected chi connectivity index (χ0v) is 17.3. The van der Waals surface area contributed by atoms with Gasteiger partial charge in [0, 0.05) is 22.5 Å². The van der Waals surface area contributed by atoms with Crippen molar-refractivity contribution >= 4 is 44.9 Å². The Morgan fingerprint density at radius 2 is 2.11 bits per heavy atom. The molecule has 4 rings (SSSR count). The smallest absolute Gasteiger partial charge is 0.237 e. The molecule has 6 heteroatoms. The molecule has 0 fully saturated rings. The summed E-state index contributed by atoms with van der Waals surface area (Å²) in [5.41, 5.74) is 2.36. The number of thiophene rings is 1. The number of nitrogens with zero attached hydrogens (tertiary/aromatic N) is 3. The lowest BCUT2D eigenvalue weighted by Crippen LogP contribution is -2.32. The molecule has 2 aromatic heterocycles. The maximum atomic E-state index is 12.8. The first-order valence-corrected chi connectivity index (χ1v) is 11.2. The topological polar surface area (TPSA) is 46.1 Å². The number of aryl methyl sites for hydroxylation is 1. The predicted octanol–water partition coefficient (Wildman–Crippen LogP) is 4.96. The van der Waals surface area contributed by atoms with Crippen molar-refractivity contribution in [3.63, 3.8) is 0 Å². The average molecular weight is 398 g/mol. The molecule has 0 aliphatic heterocycles. The molecular weight excluding hydrogens is 374 g/mol. The second-order valence-corrected chi connectivity index (χ2v) is 9.02. The summed E-state index contributed by atoms with van der Waals surface area (Å²) >= 11 is 3.34. The minimum absolute atomic E-state index is 0.109. The molecule has 4 nitrogen and oxygen atoms in total. The van der Waals surface area contributed by atoms with Crippen molar-refractivity contribution in [3.05, 3.63) is 47.1 Å². The first kappa shape index (κ1) is 18.4. The maximum Gasteiger partial charge on any atom is 0.237 e. The fourth-order valence-electron chi connectivity index (χ4n) is 3.67. The highest BCUT2D eigenvalue weighted by atomic mass is 32.2. The van der Waals surface area contributed by atoms with Gasteiger partial charge < -0.3 is 4.90 Å². The van der Waals surface area contributed by atoms with Crippen LogP contribution in [0.4, 0.5) is 5.69 Å². The Labute approximate surface area is 168 Å². The third kappa shape index (κ3) is 3.73. The van der Waals surface area contributed by atoms with E-state index in [0.717, 1.165) is 34.3 Å². The molecule has 1 aliphatic rings. The quantitative estimate of drug-likeness (QED) is 0.451. The lowest BCUT2D eigenvalue weighted by Gasteiger charge is -2.21. The summed E-state index contributed by atoms with van der Waals surface area (Å²) in [4.78, 5) is 26.2. The molecule has 1 aromatic carbocycles. The predicted molar refractivity (Wildman–Crippen MR) is 114 cm³/mol. The minimum Gasteiger partial charge on any atom is -0.312 e.